The van der Waals surface area contributed by atoms with E-state index in [1.165, 1.54) is 6.07 Å². The highest BCUT2D eigenvalue weighted by molar-refractivity contribution is 7.84. The van der Waals surface area contributed by atoms with E-state index < -0.39 is 10.3 Å². The average molecular weight is 424 g/mol. The molecule has 11 heteroatoms. The van der Waals surface area contributed by atoms with Gasteiger partial charge in [0.15, 0.2) is 0 Å². The molecule has 0 saturated carbocycles. The molecule has 2 aromatic carbocycles. The van der Waals surface area contributed by atoms with Crippen molar-refractivity contribution in [3.05, 3.63) is 72.5 Å². The summed E-state index contributed by atoms with van der Waals surface area (Å²) in [7, 11) is -4.12. The Morgan fingerprint density at radius 1 is 1.17 bits per heavy atom. The second-order valence-electron chi connectivity index (χ2n) is 6.37. The summed E-state index contributed by atoms with van der Waals surface area (Å²) in [5.41, 5.74) is 2.86. The Morgan fingerprint density at radius 2 is 1.90 bits per heavy atom. The Morgan fingerprint density at radius 3 is 2.57 bits per heavy atom. The Balaban J connectivity index is 1.61. The van der Waals surface area contributed by atoms with E-state index >= 15 is 0 Å². The summed E-state index contributed by atoms with van der Waals surface area (Å²) in [5.74, 6) is 0.107. The number of nitrogens with zero attached hydrogens (tertiary/aromatic N) is 5. The molecular weight excluding hydrogens is 408 g/mol. The molecule has 0 radical (unpaired) electrons. The zero-order valence-corrected chi connectivity index (χ0v) is 16.4. The highest BCUT2D eigenvalue weighted by atomic mass is 32.2. The van der Waals surface area contributed by atoms with Crippen molar-refractivity contribution in [1.29, 1.82) is 5.26 Å². The first-order valence-electron chi connectivity index (χ1n) is 8.78. The summed E-state index contributed by atoms with van der Waals surface area (Å²) in [6.45, 7) is 0.527. The van der Waals surface area contributed by atoms with Gasteiger partial charge in [0, 0.05) is 17.5 Å². The fourth-order valence-electron chi connectivity index (χ4n) is 3.07. The van der Waals surface area contributed by atoms with Crippen LogP contribution >= 0.6 is 0 Å². The lowest BCUT2D eigenvalue weighted by atomic mass is 10.1. The minimum atomic E-state index is -4.12. The molecule has 2 aromatic heterocycles. The van der Waals surface area contributed by atoms with Crippen LogP contribution in [0.15, 0.2) is 65.8 Å². The molecule has 10 nitrogen and oxygen atoms in total. The topological polar surface area (TPSA) is 140 Å². The molecule has 0 fully saturated rings. The fraction of sp³-hybridized carbons (Fsp3) is 0.105. The molecule has 4 aromatic rings. The molecule has 0 aliphatic rings. The Bertz CT molecular complexity index is 1310. The van der Waals surface area contributed by atoms with Gasteiger partial charge < -0.3 is 8.60 Å². The van der Waals surface area contributed by atoms with Crippen LogP contribution in [0.4, 0.5) is 5.69 Å². The Hall–Kier alpha value is -3.88. The van der Waals surface area contributed by atoms with Gasteiger partial charge in [-0.25, -0.2) is 4.68 Å². The molecule has 0 aliphatic heterocycles. The molecule has 30 heavy (non-hydrogen) atoms. The molecule has 0 amide bonds. The van der Waals surface area contributed by atoms with Gasteiger partial charge in [0.05, 0.1) is 23.6 Å². The van der Waals surface area contributed by atoms with Crippen molar-refractivity contribution in [3.8, 4) is 11.8 Å². The van der Waals surface area contributed by atoms with Crippen molar-refractivity contribution in [3.63, 3.8) is 0 Å². The summed E-state index contributed by atoms with van der Waals surface area (Å²) < 4.78 is 34.5. The summed E-state index contributed by atoms with van der Waals surface area (Å²) in [5, 5.41) is 24.3. The van der Waals surface area contributed by atoms with Crippen LogP contribution < -0.4 is 14.3 Å². The van der Waals surface area contributed by atoms with E-state index in [4.69, 9.17) is 19.0 Å². The minimum Gasteiger partial charge on any atom is -0.464 e. The summed E-state index contributed by atoms with van der Waals surface area (Å²) in [4.78, 5) is 0. The Labute approximate surface area is 171 Å². The first-order chi connectivity index (χ1) is 14.4. The SMILES string of the molecule is N#Cc1ccc(N(CCc2coc3ccc(OS(N)(=O)=O)cc23)n2cnnc2)cc1. The van der Waals surface area contributed by atoms with Gasteiger partial charge in [0.25, 0.3) is 0 Å². The van der Waals surface area contributed by atoms with Crippen molar-refractivity contribution in [1.82, 2.24) is 14.9 Å². The largest absolute Gasteiger partial charge is 0.464 e. The normalized spacial score (nSPS) is 11.3. The van der Waals surface area contributed by atoms with Gasteiger partial charge in [0.1, 0.15) is 24.0 Å². The number of hydrogen-bond acceptors (Lipinski definition) is 8. The lowest BCUT2D eigenvalue weighted by Gasteiger charge is -2.24. The predicted octanol–water partition coefficient (Wildman–Crippen LogP) is 1.99. The summed E-state index contributed by atoms with van der Waals surface area (Å²) in [6, 6.07) is 13.9. The zero-order valence-electron chi connectivity index (χ0n) is 15.5. The summed E-state index contributed by atoms with van der Waals surface area (Å²) in [6.07, 6.45) is 5.33. The second-order valence-corrected chi connectivity index (χ2v) is 7.52. The first kappa shape index (κ1) is 19.4. The average Bonchev–Trinajstić information content (AvgIpc) is 3.38. The van der Waals surface area contributed by atoms with Crippen LogP contribution in [-0.2, 0) is 16.7 Å². The van der Waals surface area contributed by atoms with Gasteiger partial charge in [0.2, 0.25) is 0 Å². The highest BCUT2D eigenvalue weighted by Gasteiger charge is 2.14. The predicted molar refractivity (Wildman–Crippen MR) is 108 cm³/mol. The van der Waals surface area contributed by atoms with Crippen LogP contribution in [-0.4, -0.2) is 29.8 Å². The fourth-order valence-corrected chi connectivity index (χ4v) is 3.44. The third-order valence-corrected chi connectivity index (χ3v) is 4.83. The van der Waals surface area contributed by atoms with Gasteiger partial charge in [-0.2, -0.15) is 18.8 Å². The molecule has 0 aliphatic carbocycles. The maximum Gasteiger partial charge on any atom is 0.380 e. The van der Waals surface area contributed by atoms with E-state index in [-0.39, 0.29) is 5.75 Å². The van der Waals surface area contributed by atoms with Gasteiger partial charge in [-0.05, 0) is 48.9 Å². The van der Waals surface area contributed by atoms with Gasteiger partial charge >= 0.3 is 10.3 Å². The maximum absolute atomic E-state index is 11.2. The lowest BCUT2D eigenvalue weighted by Crippen LogP contribution is -2.30. The van der Waals surface area contributed by atoms with E-state index in [0.29, 0.717) is 24.1 Å². The number of fused-ring (bicyclic) bond motifs is 1. The third-order valence-electron chi connectivity index (χ3n) is 4.41. The quantitative estimate of drug-likeness (QED) is 0.475. The third kappa shape index (κ3) is 4.24. The number of nitriles is 1. The van der Waals surface area contributed by atoms with Crippen LogP contribution in [0.5, 0.6) is 5.75 Å². The minimum absolute atomic E-state index is 0.107. The number of aromatic nitrogens is 3. The number of hydrogen-bond donors (Lipinski definition) is 1. The van der Waals surface area contributed by atoms with Crippen LogP contribution in [0, 0.1) is 11.3 Å². The molecule has 4 rings (SSSR count). The van der Waals surface area contributed by atoms with E-state index in [1.807, 2.05) is 17.1 Å². The Kier molecular flexibility index (Phi) is 5.09. The summed E-state index contributed by atoms with van der Waals surface area (Å²) >= 11 is 0. The van der Waals surface area contributed by atoms with E-state index in [9.17, 15) is 8.42 Å². The van der Waals surface area contributed by atoms with Crippen LogP contribution in [0.25, 0.3) is 11.0 Å². The molecule has 0 unspecified atom stereocenters. The number of rotatable bonds is 7. The molecule has 0 atom stereocenters. The van der Waals surface area contributed by atoms with E-state index in [0.717, 1.165) is 16.6 Å². The van der Waals surface area contributed by atoms with Crippen molar-refractivity contribution >= 4 is 27.0 Å². The smallest absolute Gasteiger partial charge is 0.380 e. The van der Waals surface area contributed by atoms with Crippen molar-refractivity contribution in [2.75, 3.05) is 11.6 Å². The van der Waals surface area contributed by atoms with E-state index in [2.05, 4.69) is 16.3 Å². The first-order valence-corrected chi connectivity index (χ1v) is 10.2. The molecule has 0 spiro atoms. The number of benzene rings is 2. The molecule has 152 valence electrons. The zero-order chi connectivity index (χ0) is 21.1. The van der Waals surface area contributed by atoms with Crippen LogP contribution in [0.2, 0.25) is 0 Å². The molecule has 0 bridgehead atoms. The molecular formula is C19H16N6O4S. The van der Waals surface area contributed by atoms with Gasteiger partial charge in [-0.15, -0.1) is 10.2 Å². The van der Waals surface area contributed by atoms with Crippen LogP contribution in [0.3, 0.4) is 0 Å². The van der Waals surface area contributed by atoms with Gasteiger partial charge in [-0.3, -0.25) is 5.01 Å². The monoisotopic (exact) mass is 424 g/mol. The van der Waals surface area contributed by atoms with Crippen LogP contribution in [0.1, 0.15) is 11.1 Å². The molecule has 0 saturated heterocycles. The number of nitrogens with two attached hydrogens (primary N) is 1. The van der Waals surface area contributed by atoms with Gasteiger partial charge in [-0.1, -0.05) is 0 Å². The van der Waals surface area contributed by atoms with Crippen molar-refractivity contribution in [2.24, 2.45) is 5.14 Å². The van der Waals surface area contributed by atoms with E-state index in [1.54, 1.807) is 47.9 Å². The number of furan rings is 1. The molecule has 2 N–H and O–H groups in total. The molecule has 2 heterocycles. The number of anilines is 1. The van der Waals surface area contributed by atoms with Crippen molar-refractivity contribution in [2.45, 2.75) is 6.42 Å². The lowest BCUT2D eigenvalue weighted by molar-refractivity contribution is 0.488. The van der Waals surface area contributed by atoms with Crippen molar-refractivity contribution < 1.29 is 17.0 Å². The standard InChI is InChI=1S/C19H16N6O4S/c20-10-14-1-3-16(4-2-14)25(24-12-22-23-13-24)8-7-15-11-28-19-6-5-17(9-18(15)19)29-30(21,26)27/h1-6,9,11-13H,7-8H2,(H2,21,26,27). The highest BCUT2D eigenvalue weighted by Crippen LogP contribution is 2.27. The maximum atomic E-state index is 11.2. The second kappa shape index (κ2) is 7.86.